The van der Waals surface area contributed by atoms with E-state index in [4.69, 9.17) is 15.2 Å². The number of imidazole rings is 1. The molecule has 0 spiro atoms. The van der Waals surface area contributed by atoms with E-state index in [-0.39, 0.29) is 24.7 Å². The van der Waals surface area contributed by atoms with Gasteiger partial charge in [-0.05, 0) is 25.5 Å². The molecular formula is C22H24F2N6O4. The van der Waals surface area contributed by atoms with E-state index in [1.54, 1.807) is 29.7 Å². The SMILES string of the molecule is CCCN(c1ccc2c(c1)OCCn1c-2nc(N2C(=O)OC[C@H]2C(F)F)c1C#N)[C@@H](C)C(N)=O. The third-order valence-electron chi connectivity index (χ3n) is 5.93. The molecule has 2 N–H and O–H groups in total. The highest BCUT2D eigenvalue weighted by Gasteiger charge is 2.43. The Kier molecular flexibility index (Phi) is 6.28. The largest absolute Gasteiger partial charge is 0.491 e. The number of fused-ring (bicyclic) bond motifs is 3. The van der Waals surface area contributed by atoms with Crippen LogP contribution in [0.5, 0.6) is 5.75 Å². The van der Waals surface area contributed by atoms with Crippen LogP contribution >= 0.6 is 0 Å². The second-order valence-electron chi connectivity index (χ2n) is 8.02. The van der Waals surface area contributed by atoms with Crippen molar-refractivity contribution in [3.63, 3.8) is 0 Å². The second-order valence-corrected chi connectivity index (χ2v) is 8.02. The minimum Gasteiger partial charge on any atom is -0.491 e. The lowest BCUT2D eigenvalue weighted by molar-refractivity contribution is -0.118. The average molecular weight is 474 g/mol. The van der Waals surface area contributed by atoms with Crippen LogP contribution in [0, 0.1) is 11.3 Å². The van der Waals surface area contributed by atoms with E-state index >= 15 is 0 Å². The van der Waals surface area contributed by atoms with E-state index in [0.717, 1.165) is 11.3 Å². The van der Waals surface area contributed by atoms with Crippen molar-refractivity contribution in [1.82, 2.24) is 9.55 Å². The Labute approximate surface area is 194 Å². The minimum absolute atomic E-state index is 0.0324. The van der Waals surface area contributed by atoms with Gasteiger partial charge in [0.25, 0.3) is 6.43 Å². The molecule has 1 saturated heterocycles. The molecule has 0 bridgehead atoms. The molecule has 4 rings (SSSR count). The van der Waals surface area contributed by atoms with Gasteiger partial charge in [0, 0.05) is 18.3 Å². The molecule has 10 nitrogen and oxygen atoms in total. The Morgan fingerprint density at radius 1 is 1.41 bits per heavy atom. The molecule has 0 saturated carbocycles. The smallest absolute Gasteiger partial charge is 0.416 e. The number of hydrogen-bond donors (Lipinski definition) is 1. The van der Waals surface area contributed by atoms with Gasteiger partial charge in [0.2, 0.25) is 5.91 Å². The number of carbonyl (C=O) groups excluding carboxylic acids is 2. The highest BCUT2D eigenvalue weighted by atomic mass is 19.3. The van der Waals surface area contributed by atoms with Crippen molar-refractivity contribution in [3.8, 4) is 23.2 Å². The summed E-state index contributed by atoms with van der Waals surface area (Å²) in [5.41, 5.74) is 6.72. The zero-order valence-corrected chi connectivity index (χ0v) is 18.7. The van der Waals surface area contributed by atoms with Crippen molar-refractivity contribution >= 4 is 23.5 Å². The Bertz CT molecular complexity index is 1160. The number of amides is 2. The van der Waals surface area contributed by atoms with Crippen LogP contribution in [0.25, 0.3) is 11.4 Å². The summed E-state index contributed by atoms with van der Waals surface area (Å²) in [6.45, 7) is 4.20. The molecule has 34 heavy (non-hydrogen) atoms. The third-order valence-corrected chi connectivity index (χ3v) is 5.93. The fourth-order valence-electron chi connectivity index (χ4n) is 4.19. The number of alkyl halides is 2. The highest BCUT2D eigenvalue weighted by Crippen LogP contribution is 2.39. The molecule has 3 heterocycles. The Morgan fingerprint density at radius 3 is 2.82 bits per heavy atom. The predicted molar refractivity (Wildman–Crippen MR) is 118 cm³/mol. The number of anilines is 2. The van der Waals surface area contributed by atoms with Gasteiger partial charge in [-0.25, -0.2) is 23.5 Å². The normalized spacial score (nSPS) is 17.8. The molecule has 12 heteroatoms. The number of hydrogen-bond acceptors (Lipinski definition) is 7. The molecule has 1 fully saturated rings. The summed E-state index contributed by atoms with van der Waals surface area (Å²) < 4.78 is 39.3. The number of nitriles is 1. The van der Waals surface area contributed by atoms with Gasteiger partial charge in [-0.15, -0.1) is 0 Å². The second kappa shape index (κ2) is 9.17. The van der Waals surface area contributed by atoms with Gasteiger partial charge in [-0.2, -0.15) is 5.26 Å². The van der Waals surface area contributed by atoms with Crippen LogP contribution in [-0.4, -0.2) is 59.8 Å². The van der Waals surface area contributed by atoms with Crippen molar-refractivity contribution in [2.45, 2.75) is 45.3 Å². The summed E-state index contributed by atoms with van der Waals surface area (Å²) >= 11 is 0. The van der Waals surface area contributed by atoms with Gasteiger partial charge in [-0.1, -0.05) is 6.92 Å². The number of nitrogens with two attached hydrogens (primary N) is 1. The lowest BCUT2D eigenvalue weighted by atomic mass is 10.1. The Morgan fingerprint density at radius 2 is 2.18 bits per heavy atom. The molecule has 2 aliphatic heterocycles. The van der Waals surface area contributed by atoms with E-state index in [0.29, 0.717) is 29.4 Å². The number of ether oxygens (including phenoxy) is 2. The van der Waals surface area contributed by atoms with Crippen molar-refractivity contribution in [2.24, 2.45) is 5.73 Å². The molecule has 2 amide bonds. The lowest BCUT2D eigenvalue weighted by Gasteiger charge is -2.29. The number of cyclic esters (lactones) is 1. The predicted octanol–water partition coefficient (Wildman–Crippen LogP) is 2.49. The zero-order valence-electron chi connectivity index (χ0n) is 18.7. The summed E-state index contributed by atoms with van der Waals surface area (Å²) in [5.74, 6) is 0.124. The molecule has 0 aliphatic carbocycles. The molecule has 0 unspecified atom stereocenters. The molecule has 180 valence electrons. The molecule has 2 aromatic rings. The van der Waals surface area contributed by atoms with Crippen LogP contribution < -0.4 is 20.3 Å². The van der Waals surface area contributed by atoms with Gasteiger partial charge in [0.1, 0.15) is 42.9 Å². The molecule has 1 aromatic carbocycles. The summed E-state index contributed by atoms with van der Waals surface area (Å²) in [6.07, 6.45) is -3.06. The Hall–Kier alpha value is -3.88. The van der Waals surface area contributed by atoms with E-state index in [1.807, 2.05) is 17.9 Å². The molecular weight excluding hydrogens is 450 g/mol. The van der Waals surface area contributed by atoms with E-state index in [9.17, 15) is 23.6 Å². The van der Waals surface area contributed by atoms with E-state index in [1.165, 1.54) is 0 Å². The average Bonchev–Trinajstić information content (AvgIpc) is 3.31. The van der Waals surface area contributed by atoms with Crippen molar-refractivity contribution in [1.29, 1.82) is 5.26 Å². The first kappa shape index (κ1) is 23.3. The van der Waals surface area contributed by atoms with Crippen LogP contribution in [0.2, 0.25) is 0 Å². The fourth-order valence-corrected chi connectivity index (χ4v) is 4.19. The number of nitrogens with zero attached hydrogens (tertiary/aromatic N) is 5. The third kappa shape index (κ3) is 3.87. The maximum Gasteiger partial charge on any atom is 0.416 e. The van der Waals surface area contributed by atoms with Crippen molar-refractivity contribution in [3.05, 3.63) is 23.9 Å². The van der Waals surface area contributed by atoms with Crippen LogP contribution in [0.1, 0.15) is 26.0 Å². The van der Waals surface area contributed by atoms with Crippen molar-refractivity contribution < 1.29 is 27.8 Å². The summed E-state index contributed by atoms with van der Waals surface area (Å²) in [7, 11) is 0. The maximum atomic E-state index is 13.5. The number of aromatic nitrogens is 2. The van der Waals surface area contributed by atoms with E-state index in [2.05, 4.69) is 4.98 Å². The first-order chi connectivity index (χ1) is 16.3. The standard InChI is InChI=1S/C22H24F2N6O4/c1-3-6-28(12(2)19(26)31)13-4-5-14-17(9-13)33-8-7-29-15(10-25)21(27-20(14)29)30-16(18(23)24)11-34-22(30)32/h4-5,9,12,16,18H,3,6-8,11H2,1-2H3,(H2,26,31)/t12-,16-/m0/s1. The monoisotopic (exact) mass is 474 g/mol. The number of rotatable bonds is 7. The molecule has 1 aromatic heterocycles. The first-order valence-electron chi connectivity index (χ1n) is 10.9. The van der Waals surface area contributed by atoms with Gasteiger partial charge < -0.3 is 24.7 Å². The fraction of sp³-hybridized carbons (Fsp3) is 0.455. The number of carbonyl (C=O) groups is 2. The first-order valence-corrected chi connectivity index (χ1v) is 10.9. The van der Waals surface area contributed by atoms with Gasteiger partial charge in [-0.3, -0.25) is 4.79 Å². The van der Waals surface area contributed by atoms with Gasteiger partial charge >= 0.3 is 6.09 Å². The summed E-state index contributed by atoms with van der Waals surface area (Å²) in [6, 6.07) is 5.16. The quantitative estimate of drug-likeness (QED) is 0.653. The van der Waals surface area contributed by atoms with Crippen LogP contribution in [0.15, 0.2) is 18.2 Å². The molecule has 2 atom stereocenters. The van der Waals surface area contributed by atoms with Crippen LogP contribution in [-0.2, 0) is 16.1 Å². The number of primary amides is 1. The number of benzene rings is 1. The lowest BCUT2D eigenvalue weighted by Crippen LogP contribution is -2.43. The molecule has 2 aliphatic rings. The summed E-state index contributed by atoms with van der Waals surface area (Å²) in [5, 5.41) is 9.80. The van der Waals surface area contributed by atoms with Crippen molar-refractivity contribution in [2.75, 3.05) is 29.6 Å². The highest BCUT2D eigenvalue weighted by molar-refractivity contribution is 5.91. The van der Waals surface area contributed by atoms with Crippen LogP contribution in [0.3, 0.4) is 0 Å². The maximum absolute atomic E-state index is 13.5. The van der Waals surface area contributed by atoms with Crippen LogP contribution in [0.4, 0.5) is 25.1 Å². The summed E-state index contributed by atoms with van der Waals surface area (Å²) in [4.78, 5) is 31.1. The van der Waals surface area contributed by atoms with Gasteiger partial charge in [0.05, 0.1) is 12.1 Å². The Balaban J connectivity index is 1.80. The molecule has 0 radical (unpaired) electrons. The van der Waals surface area contributed by atoms with E-state index < -0.39 is 37.1 Å². The minimum atomic E-state index is -2.87. The topological polar surface area (TPSA) is 127 Å². The number of halogens is 2. The van der Waals surface area contributed by atoms with Gasteiger partial charge in [0.15, 0.2) is 11.5 Å². The zero-order chi connectivity index (χ0) is 24.6.